The first-order valence-corrected chi connectivity index (χ1v) is 12.0. The molecule has 10 nitrogen and oxygen atoms in total. The molecule has 192 valence electrons. The first-order chi connectivity index (χ1) is 16.0. The number of carbonyl (C=O) groups is 1. The molecule has 7 N–H and O–H groups in total. The molecule has 6 bridgehead atoms. The van der Waals surface area contributed by atoms with Crippen LogP contribution in [0.15, 0.2) is 30.5 Å². The third-order valence-electron chi connectivity index (χ3n) is 11.0. The molecule has 2 saturated heterocycles. The predicted octanol–water partition coefficient (Wildman–Crippen LogP) is -0.268. The van der Waals surface area contributed by atoms with E-state index in [2.05, 4.69) is 11.6 Å². The van der Waals surface area contributed by atoms with Gasteiger partial charge in [0.25, 0.3) is 0 Å². The summed E-state index contributed by atoms with van der Waals surface area (Å²) in [5.41, 5.74) is -15.4. The number of esters is 1. The molecule has 6 fully saturated rings. The number of rotatable bonds is 3. The number of nitrogens with one attached hydrogen (secondary N) is 1. The number of hydrogen-bond acceptors (Lipinski definition) is 9. The highest BCUT2D eigenvalue weighted by atomic mass is 16.7. The van der Waals surface area contributed by atoms with Gasteiger partial charge in [-0.3, -0.25) is 0 Å². The van der Waals surface area contributed by atoms with Gasteiger partial charge in [-0.15, -0.1) is 0 Å². The Kier molecular flexibility index (Phi) is 3.95. The fourth-order valence-electron chi connectivity index (χ4n) is 9.29. The van der Waals surface area contributed by atoms with Crippen molar-refractivity contribution >= 4 is 5.97 Å². The highest BCUT2D eigenvalue weighted by Gasteiger charge is 3.10. The number of aliphatic hydroxyl groups is 6. The van der Waals surface area contributed by atoms with E-state index in [0.29, 0.717) is 0 Å². The van der Waals surface area contributed by atoms with Crippen LogP contribution in [0.4, 0.5) is 0 Å². The lowest BCUT2D eigenvalue weighted by atomic mass is 9.52. The van der Waals surface area contributed by atoms with E-state index in [4.69, 9.17) is 9.47 Å². The maximum Gasteiger partial charge on any atom is 0.355 e. The zero-order valence-corrected chi connectivity index (χ0v) is 20.2. The second-order valence-electron chi connectivity index (χ2n) is 12.0. The molecule has 1 spiro atoms. The first-order valence-electron chi connectivity index (χ1n) is 12.0. The number of H-pyrrole nitrogens is 1. The number of aromatic amines is 1. The van der Waals surface area contributed by atoms with E-state index in [1.165, 1.54) is 26.1 Å². The maximum atomic E-state index is 13.2. The fraction of sp³-hybridized carbons (Fsp3) is 0.720. The van der Waals surface area contributed by atoms with Crippen molar-refractivity contribution in [2.24, 2.45) is 16.7 Å². The Bertz CT molecular complexity index is 1170. The van der Waals surface area contributed by atoms with Gasteiger partial charge in [0.1, 0.15) is 34.2 Å². The van der Waals surface area contributed by atoms with E-state index in [1.807, 2.05) is 0 Å². The number of aliphatic hydroxyl groups excluding tert-OH is 1. The Labute approximate surface area is 202 Å². The van der Waals surface area contributed by atoms with Crippen molar-refractivity contribution in [1.29, 1.82) is 0 Å². The van der Waals surface area contributed by atoms with E-state index in [0.717, 1.165) is 0 Å². The zero-order valence-electron chi connectivity index (χ0n) is 20.2. The van der Waals surface area contributed by atoms with Crippen LogP contribution < -0.4 is 0 Å². The number of aromatic nitrogens is 1. The lowest BCUT2D eigenvalue weighted by molar-refractivity contribution is -0.383. The Balaban J connectivity index is 1.70. The first kappa shape index (κ1) is 23.6. The van der Waals surface area contributed by atoms with Crippen molar-refractivity contribution in [2.75, 3.05) is 0 Å². The van der Waals surface area contributed by atoms with Crippen LogP contribution in [0.2, 0.25) is 0 Å². The van der Waals surface area contributed by atoms with Gasteiger partial charge in [-0.1, -0.05) is 27.4 Å². The van der Waals surface area contributed by atoms with Crippen molar-refractivity contribution in [3.05, 3.63) is 36.2 Å². The second-order valence-corrected chi connectivity index (χ2v) is 12.0. The molecular weight excluding hydrogens is 458 g/mol. The lowest BCUT2D eigenvalue weighted by Gasteiger charge is -2.60. The Hall–Kier alpha value is -1.79. The largest absolute Gasteiger partial charge is 0.451 e. The average Bonchev–Trinajstić information content (AvgIpc) is 3.41. The predicted molar refractivity (Wildman–Crippen MR) is 119 cm³/mol. The quantitative estimate of drug-likeness (QED) is 0.222. The summed E-state index contributed by atoms with van der Waals surface area (Å²) >= 11 is 0. The molecule has 10 atom stereocenters. The standard InChI is InChI=1S/C25H33NO9/c1-12(2)22(31)17(34-16(28)14-7-6-10-26-14)23(32)18(4)11-21(30)19(22,5)25(23,33)24(35-21)15(27)13(3)8-9-20(18,24)29/h6-7,10,12,15,17,26-27,29-33H,3,8-9,11H2,1-2,4-5H3/t15-,17-,18+,19+,20+,21-,22-,23-,24+,25-/m1/s1. The summed E-state index contributed by atoms with van der Waals surface area (Å²) in [5.74, 6) is -3.97. The van der Waals surface area contributed by atoms with Gasteiger partial charge in [0, 0.05) is 18.0 Å². The van der Waals surface area contributed by atoms with Crippen LogP contribution in [0, 0.1) is 16.7 Å². The van der Waals surface area contributed by atoms with Crippen LogP contribution in [0.1, 0.15) is 57.4 Å². The third kappa shape index (κ3) is 1.71. The van der Waals surface area contributed by atoms with E-state index >= 15 is 0 Å². The maximum absolute atomic E-state index is 13.2. The van der Waals surface area contributed by atoms with Crippen LogP contribution in [0.3, 0.4) is 0 Å². The topological polar surface area (TPSA) is 173 Å². The zero-order chi connectivity index (χ0) is 25.8. The molecule has 0 radical (unpaired) electrons. The Morgan fingerprint density at radius 3 is 2.46 bits per heavy atom. The van der Waals surface area contributed by atoms with E-state index < -0.39 is 68.7 Å². The minimum Gasteiger partial charge on any atom is -0.451 e. The molecule has 3 heterocycles. The summed E-state index contributed by atoms with van der Waals surface area (Å²) in [4.78, 5) is 15.9. The molecular formula is C25H33NO9. The third-order valence-corrected chi connectivity index (χ3v) is 11.0. The highest BCUT2D eigenvalue weighted by molar-refractivity contribution is 5.87. The molecule has 1 aromatic heterocycles. The molecule has 7 rings (SSSR count). The van der Waals surface area contributed by atoms with Gasteiger partial charge in [-0.2, -0.15) is 0 Å². The fourth-order valence-corrected chi connectivity index (χ4v) is 9.29. The molecule has 35 heavy (non-hydrogen) atoms. The summed E-state index contributed by atoms with van der Waals surface area (Å²) in [6.45, 7) is 9.96. The van der Waals surface area contributed by atoms with E-state index in [9.17, 15) is 35.4 Å². The summed E-state index contributed by atoms with van der Waals surface area (Å²) in [6.07, 6.45) is -2.19. The molecule has 0 amide bonds. The van der Waals surface area contributed by atoms with Gasteiger partial charge < -0.3 is 45.1 Å². The molecule has 0 aromatic carbocycles. The summed E-state index contributed by atoms with van der Waals surface area (Å²) in [7, 11) is 0. The summed E-state index contributed by atoms with van der Waals surface area (Å²) < 4.78 is 12.0. The second kappa shape index (κ2) is 5.85. The van der Waals surface area contributed by atoms with Crippen molar-refractivity contribution in [2.45, 2.75) is 93.0 Å². The van der Waals surface area contributed by atoms with Gasteiger partial charge in [0.2, 0.25) is 0 Å². The minimum absolute atomic E-state index is 0.0342. The van der Waals surface area contributed by atoms with Gasteiger partial charge in [-0.05, 0) is 43.4 Å². The van der Waals surface area contributed by atoms with Crippen molar-refractivity contribution < 1.29 is 44.9 Å². The average molecular weight is 492 g/mol. The van der Waals surface area contributed by atoms with Gasteiger partial charge in [-0.25, -0.2) is 4.79 Å². The van der Waals surface area contributed by atoms with Crippen LogP contribution in [-0.2, 0) is 9.47 Å². The number of carbonyl (C=O) groups excluding carboxylic acids is 1. The van der Waals surface area contributed by atoms with Gasteiger partial charge in [0.15, 0.2) is 17.5 Å². The number of ether oxygens (including phenoxy) is 2. The van der Waals surface area contributed by atoms with Crippen LogP contribution in [0.5, 0.6) is 0 Å². The smallest absolute Gasteiger partial charge is 0.355 e. The van der Waals surface area contributed by atoms with Gasteiger partial charge >= 0.3 is 5.97 Å². The van der Waals surface area contributed by atoms with Crippen molar-refractivity contribution in [1.82, 2.24) is 4.98 Å². The van der Waals surface area contributed by atoms with Crippen molar-refractivity contribution in [3.8, 4) is 0 Å². The van der Waals surface area contributed by atoms with Crippen LogP contribution >= 0.6 is 0 Å². The monoisotopic (exact) mass is 491 g/mol. The minimum atomic E-state index is -2.65. The molecule has 0 unspecified atom stereocenters. The van der Waals surface area contributed by atoms with Crippen molar-refractivity contribution in [3.63, 3.8) is 0 Å². The lowest BCUT2D eigenvalue weighted by Crippen LogP contribution is -2.74. The van der Waals surface area contributed by atoms with Gasteiger partial charge in [0.05, 0.1) is 5.41 Å². The molecule has 1 aromatic rings. The number of hydrogen-bond donors (Lipinski definition) is 7. The summed E-state index contributed by atoms with van der Waals surface area (Å²) in [5, 5.41) is 73.7. The van der Waals surface area contributed by atoms with Crippen LogP contribution in [0.25, 0.3) is 0 Å². The van der Waals surface area contributed by atoms with Crippen LogP contribution in [-0.4, -0.2) is 87.6 Å². The van der Waals surface area contributed by atoms with E-state index in [1.54, 1.807) is 19.9 Å². The Morgan fingerprint density at radius 2 is 1.89 bits per heavy atom. The molecule has 6 aliphatic rings. The molecule has 2 aliphatic heterocycles. The molecule has 4 saturated carbocycles. The molecule has 4 aliphatic carbocycles. The highest BCUT2D eigenvalue weighted by Crippen LogP contribution is 2.90. The summed E-state index contributed by atoms with van der Waals surface area (Å²) in [6, 6.07) is 3.04. The SMILES string of the molecule is C=C1CC[C@]2(O)[C@]3(C)C[C@@]4(O)O[C@]2([C@@H]1O)[C@]1(O)[C@@]3(O)[C@H](OC(=O)c2ccc[nH]2)[C@](O)(C(C)C)[C@@]14C. The molecule has 10 heteroatoms. The normalized spacial score (nSPS) is 57.7. The van der Waals surface area contributed by atoms with E-state index in [-0.39, 0.29) is 30.5 Å². The Morgan fingerprint density at radius 1 is 1.23 bits per heavy atom.